The highest BCUT2D eigenvalue weighted by Crippen LogP contribution is 2.15. The fourth-order valence-corrected chi connectivity index (χ4v) is 3.39. The lowest BCUT2D eigenvalue weighted by molar-refractivity contribution is 0.411. The summed E-state index contributed by atoms with van der Waals surface area (Å²) in [4.78, 5) is 0. The molecule has 1 aliphatic heterocycles. The largest absolute Gasteiger partial charge is 0.235 e. The zero-order chi connectivity index (χ0) is 14.0. The van der Waals surface area contributed by atoms with Crippen LogP contribution in [0.1, 0.15) is 0 Å². The van der Waals surface area contributed by atoms with Crippen LogP contribution in [-0.4, -0.2) is 51.6 Å². The third-order valence-corrected chi connectivity index (χ3v) is 5.45. The summed E-state index contributed by atoms with van der Waals surface area (Å²) in [5, 5.41) is 1.69. The Bertz CT molecular complexity index is 513. The van der Waals surface area contributed by atoms with Gasteiger partial charge >= 0.3 is 0 Å². The van der Waals surface area contributed by atoms with Crippen molar-refractivity contribution in [2.45, 2.75) is 0 Å². The van der Waals surface area contributed by atoms with Gasteiger partial charge in [-0.05, 0) is 5.57 Å². The fourth-order valence-electron chi connectivity index (χ4n) is 1.58. The molecule has 0 spiro atoms. The minimum atomic E-state index is -3.56. The molecule has 0 N–H and O–H groups in total. The summed E-state index contributed by atoms with van der Waals surface area (Å²) < 4.78 is 48.9. The molecule has 1 aliphatic rings. The Hall–Kier alpha value is -0.960. The molecule has 0 radical (unpaired) electrons. The van der Waals surface area contributed by atoms with Crippen LogP contribution in [0.2, 0.25) is 0 Å². The molecule has 0 aromatic carbocycles. The normalized spacial score (nSPS) is 20.3. The quantitative estimate of drug-likeness (QED) is 0.689. The van der Waals surface area contributed by atoms with E-state index in [1.807, 2.05) is 0 Å². The molecule has 18 heavy (non-hydrogen) atoms. The van der Waals surface area contributed by atoms with Crippen LogP contribution in [0.15, 0.2) is 36.1 Å². The van der Waals surface area contributed by atoms with Crippen LogP contribution in [0.4, 0.5) is 0 Å². The van der Waals surface area contributed by atoms with Crippen molar-refractivity contribution < 1.29 is 16.8 Å². The Morgan fingerprint density at radius 2 is 1.22 bits per heavy atom. The van der Waals surface area contributed by atoms with Crippen molar-refractivity contribution >= 4 is 20.0 Å². The first-order valence-corrected chi connectivity index (χ1v) is 8.15. The molecule has 1 saturated heterocycles. The van der Waals surface area contributed by atoms with Gasteiger partial charge < -0.3 is 0 Å². The second kappa shape index (κ2) is 5.35. The van der Waals surface area contributed by atoms with Crippen molar-refractivity contribution in [3.8, 4) is 0 Å². The van der Waals surface area contributed by atoms with E-state index in [9.17, 15) is 16.8 Å². The highest BCUT2D eigenvalue weighted by molar-refractivity contribution is 7.92. The van der Waals surface area contributed by atoms with Crippen molar-refractivity contribution in [2.75, 3.05) is 26.2 Å². The highest BCUT2D eigenvalue weighted by Gasteiger charge is 2.28. The molecule has 0 amide bonds. The topological polar surface area (TPSA) is 74.8 Å². The van der Waals surface area contributed by atoms with E-state index in [2.05, 4.69) is 19.7 Å². The van der Waals surface area contributed by atoms with Crippen LogP contribution < -0.4 is 0 Å². The van der Waals surface area contributed by atoms with E-state index in [4.69, 9.17) is 0 Å². The lowest BCUT2D eigenvalue weighted by Crippen LogP contribution is -2.35. The van der Waals surface area contributed by atoms with Crippen molar-refractivity contribution in [3.05, 3.63) is 36.1 Å². The van der Waals surface area contributed by atoms with Crippen molar-refractivity contribution in [2.24, 2.45) is 0 Å². The number of hydrogen-bond acceptors (Lipinski definition) is 4. The Labute approximate surface area is 108 Å². The molecule has 0 bridgehead atoms. The Balaban J connectivity index is 2.99. The average molecular weight is 292 g/mol. The van der Waals surface area contributed by atoms with E-state index >= 15 is 0 Å². The minimum Gasteiger partial charge on any atom is -0.208 e. The molecule has 0 unspecified atom stereocenters. The van der Waals surface area contributed by atoms with Crippen LogP contribution in [0.3, 0.4) is 0 Å². The summed E-state index contributed by atoms with van der Waals surface area (Å²) in [7, 11) is -7.13. The van der Waals surface area contributed by atoms with Gasteiger partial charge in [-0.2, -0.15) is 8.61 Å². The fraction of sp³-hybridized carbons (Fsp3) is 0.400. The lowest BCUT2D eigenvalue weighted by atomic mass is 10.3. The van der Waals surface area contributed by atoms with Crippen LogP contribution in [0, 0.1) is 0 Å². The van der Waals surface area contributed by atoms with Gasteiger partial charge in [0.25, 0.3) is 0 Å². The molecule has 8 heteroatoms. The average Bonchev–Trinajstić information content (AvgIpc) is 2.52. The first-order chi connectivity index (χ1) is 8.23. The van der Waals surface area contributed by atoms with Crippen LogP contribution in [0.25, 0.3) is 0 Å². The molecule has 0 aliphatic carbocycles. The first kappa shape index (κ1) is 15.1. The summed E-state index contributed by atoms with van der Waals surface area (Å²) in [6.45, 7) is 10.5. The molecule has 102 valence electrons. The zero-order valence-electron chi connectivity index (χ0n) is 9.95. The lowest BCUT2D eigenvalue weighted by Gasteiger charge is -2.18. The van der Waals surface area contributed by atoms with Crippen LogP contribution in [-0.2, 0) is 20.0 Å². The smallest absolute Gasteiger partial charge is 0.208 e. The van der Waals surface area contributed by atoms with Gasteiger partial charge in [0, 0.05) is 37.0 Å². The second-order valence-electron chi connectivity index (χ2n) is 3.84. The summed E-state index contributed by atoms with van der Waals surface area (Å²) >= 11 is 0. The maximum atomic E-state index is 11.7. The molecule has 1 fully saturated rings. The van der Waals surface area contributed by atoms with Crippen LogP contribution >= 0.6 is 0 Å². The maximum absolute atomic E-state index is 11.7. The predicted octanol–water partition coefficient (Wildman–Crippen LogP) is 0.107. The summed E-state index contributed by atoms with van der Waals surface area (Å²) in [5.41, 5.74) is 0.503. The van der Waals surface area contributed by atoms with Gasteiger partial charge in [-0.15, -0.1) is 0 Å². The second-order valence-corrected chi connectivity index (χ2v) is 7.60. The molecular weight excluding hydrogens is 276 g/mol. The summed E-state index contributed by atoms with van der Waals surface area (Å²) in [5.74, 6) is 0. The van der Waals surface area contributed by atoms with Gasteiger partial charge in [0.15, 0.2) is 0 Å². The molecule has 0 saturated carbocycles. The van der Waals surface area contributed by atoms with E-state index < -0.39 is 20.0 Å². The first-order valence-electron chi connectivity index (χ1n) is 5.15. The number of sulfonamides is 2. The Kier molecular flexibility index (Phi) is 4.49. The van der Waals surface area contributed by atoms with Gasteiger partial charge in [-0.1, -0.05) is 19.7 Å². The molecule has 0 aromatic rings. The third-order valence-electron chi connectivity index (χ3n) is 2.54. The number of hydrogen-bond donors (Lipinski definition) is 0. The zero-order valence-corrected chi connectivity index (χ0v) is 11.6. The Morgan fingerprint density at radius 3 is 1.50 bits per heavy atom. The SMILES string of the molecule is C=CS(=O)(=O)N1CCN(S(=O)(=O)C=C)CC(=C)C1. The van der Waals surface area contributed by atoms with Crippen molar-refractivity contribution in [3.63, 3.8) is 0 Å². The van der Waals surface area contributed by atoms with Gasteiger partial charge in [-0.25, -0.2) is 16.8 Å². The van der Waals surface area contributed by atoms with Gasteiger partial charge in [0.05, 0.1) is 0 Å². The maximum Gasteiger partial charge on any atom is 0.235 e. The van der Waals surface area contributed by atoms with E-state index in [0.717, 1.165) is 19.4 Å². The summed E-state index contributed by atoms with van der Waals surface area (Å²) in [6, 6.07) is 0. The van der Waals surface area contributed by atoms with E-state index in [-0.39, 0.29) is 26.2 Å². The predicted molar refractivity (Wildman–Crippen MR) is 70.5 cm³/mol. The molecule has 0 atom stereocenters. The standard InChI is InChI=1S/C10H16N2O4S2/c1-4-17(13,14)11-6-7-12(9-10(3)8-11)18(15,16)5-2/h4-5H,1-3,6-9H2. The van der Waals surface area contributed by atoms with E-state index in [1.165, 1.54) is 0 Å². The molecule has 6 nitrogen and oxygen atoms in total. The third kappa shape index (κ3) is 3.29. The molecule has 1 heterocycles. The van der Waals surface area contributed by atoms with E-state index in [1.54, 1.807) is 0 Å². The Morgan fingerprint density at radius 1 is 0.889 bits per heavy atom. The highest BCUT2D eigenvalue weighted by atomic mass is 32.2. The summed E-state index contributed by atoms with van der Waals surface area (Å²) in [6.07, 6.45) is 0. The molecule has 1 rings (SSSR count). The van der Waals surface area contributed by atoms with Crippen LogP contribution in [0.5, 0.6) is 0 Å². The monoisotopic (exact) mass is 292 g/mol. The van der Waals surface area contributed by atoms with Crippen molar-refractivity contribution in [1.29, 1.82) is 0 Å². The van der Waals surface area contributed by atoms with Gasteiger partial charge in [0.2, 0.25) is 20.0 Å². The minimum absolute atomic E-state index is 0.0699. The number of rotatable bonds is 4. The number of nitrogens with zero attached hydrogens (tertiary/aromatic N) is 2. The van der Waals surface area contributed by atoms with Crippen molar-refractivity contribution in [1.82, 2.24) is 8.61 Å². The molecule has 0 aromatic heterocycles. The van der Waals surface area contributed by atoms with E-state index in [0.29, 0.717) is 5.57 Å². The van der Waals surface area contributed by atoms with Gasteiger partial charge in [0.1, 0.15) is 0 Å². The van der Waals surface area contributed by atoms with Gasteiger partial charge in [-0.3, -0.25) is 0 Å². The molecular formula is C10H16N2O4S2.